The molecule has 16 heavy (non-hydrogen) atoms. The van der Waals surface area contributed by atoms with Crippen LogP contribution in [0.2, 0.25) is 5.02 Å². The van der Waals surface area contributed by atoms with E-state index in [1.165, 1.54) is 6.26 Å². The van der Waals surface area contributed by atoms with Crippen LogP contribution < -0.4 is 0 Å². The zero-order valence-corrected chi connectivity index (χ0v) is 11.3. The van der Waals surface area contributed by atoms with Crippen LogP contribution in [-0.4, -0.2) is 26.3 Å². The lowest BCUT2D eigenvalue weighted by Gasteiger charge is -2.13. The van der Waals surface area contributed by atoms with Gasteiger partial charge in [0.1, 0.15) is 9.84 Å². The molecule has 0 aliphatic carbocycles. The highest BCUT2D eigenvalue weighted by molar-refractivity contribution is 7.90. The molecule has 0 spiro atoms. The number of benzene rings is 1. The van der Waals surface area contributed by atoms with Crippen LogP contribution in [0.1, 0.15) is 17.9 Å². The fourth-order valence-electron chi connectivity index (χ4n) is 1.42. The minimum atomic E-state index is -2.93. The third-order valence-corrected chi connectivity index (χ3v) is 3.97. The summed E-state index contributed by atoms with van der Waals surface area (Å²) in [6, 6.07) is 7.35. The van der Waals surface area contributed by atoms with Crippen LogP contribution in [0.5, 0.6) is 0 Å². The molecule has 1 unspecified atom stereocenters. The number of hydrogen-bond acceptors (Lipinski definition) is 2. The lowest BCUT2D eigenvalue weighted by atomic mass is 9.99. The summed E-state index contributed by atoms with van der Waals surface area (Å²) in [5.41, 5.74) is 1.03. The van der Waals surface area contributed by atoms with Gasteiger partial charge >= 0.3 is 0 Å². The van der Waals surface area contributed by atoms with E-state index in [1.807, 2.05) is 12.1 Å². The summed E-state index contributed by atoms with van der Waals surface area (Å²) >= 11 is 11.6. The first-order chi connectivity index (χ1) is 7.42. The Balaban J connectivity index is 2.71. The highest BCUT2D eigenvalue weighted by atomic mass is 35.5. The number of rotatable bonds is 5. The van der Waals surface area contributed by atoms with Crippen LogP contribution in [0, 0.1) is 0 Å². The van der Waals surface area contributed by atoms with Gasteiger partial charge < -0.3 is 0 Å². The minimum Gasteiger partial charge on any atom is -0.229 e. The van der Waals surface area contributed by atoms with Crippen molar-refractivity contribution in [3.63, 3.8) is 0 Å². The van der Waals surface area contributed by atoms with Gasteiger partial charge in [-0.05, 0) is 30.0 Å². The number of sulfone groups is 1. The Labute approximate surface area is 106 Å². The predicted molar refractivity (Wildman–Crippen MR) is 69.2 cm³/mol. The first-order valence-corrected chi connectivity index (χ1v) is 7.89. The third-order valence-electron chi connectivity index (χ3n) is 2.36. The average Bonchev–Trinajstić information content (AvgIpc) is 2.20. The Bertz CT molecular complexity index is 426. The molecule has 0 saturated heterocycles. The molecule has 5 heteroatoms. The number of alkyl halides is 1. The van der Waals surface area contributed by atoms with Gasteiger partial charge in [0.05, 0.1) is 5.75 Å². The molecule has 0 aromatic heterocycles. The Morgan fingerprint density at radius 1 is 1.25 bits per heavy atom. The molecule has 0 amide bonds. The van der Waals surface area contributed by atoms with E-state index in [1.54, 1.807) is 12.1 Å². The van der Waals surface area contributed by atoms with Crippen molar-refractivity contribution in [1.29, 1.82) is 0 Å². The Morgan fingerprint density at radius 2 is 1.81 bits per heavy atom. The second-order valence-electron chi connectivity index (χ2n) is 3.82. The van der Waals surface area contributed by atoms with Gasteiger partial charge in [0, 0.05) is 17.2 Å². The molecule has 0 N–H and O–H groups in total. The SMILES string of the molecule is CS(=O)(=O)CCC(CCl)c1ccc(Cl)cc1. The Kier molecular flexibility index (Phi) is 5.09. The largest absolute Gasteiger partial charge is 0.229 e. The minimum absolute atomic E-state index is 0.0636. The standard InChI is InChI=1S/C11H14Cl2O2S/c1-16(14,15)7-6-10(8-12)9-2-4-11(13)5-3-9/h2-5,10H,6-8H2,1H3. The molecule has 1 atom stereocenters. The first kappa shape index (κ1) is 13.8. The van der Waals surface area contributed by atoms with Gasteiger partial charge in [-0.15, -0.1) is 11.6 Å². The van der Waals surface area contributed by atoms with Gasteiger partial charge in [0.25, 0.3) is 0 Å². The molecule has 1 rings (SSSR count). The molecular formula is C11H14Cl2O2S. The molecule has 0 bridgehead atoms. The van der Waals surface area contributed by atoms with Gasteiger partial charge in [0.15, 0.2) is 0 Å². The molecule has 0 saturated carbocycles. The Hall–Kier alpha value is -0.250. The van der Waals surface area contributed by atoms with E-state index in [2.05, 4.69) is 0 Å². The van der Waals surface area contributed by atoms with Gasteiger partial charge in [0.2, 0.25) is 0 Å². The zero-order chi connectivity index (χ0) is 12.2. The van der Waals surface area contributed by atoms with Crippen molar-refractivity contribution in [2.24, 2.45) is 0 Å². The summed E-state index contributed by atoms with van der Waals surface area (Å²) in [5, 5.41) is 0.667. The van der Waals surface area contributed by atoms with Crippen molar-refractivity contribution in [1.82, 2.24) is 0 Å². The summed E-state index contributed by atoms with van der Waals surface area (Å²) in [6.45, 7) is 0. The second kappa shape index (κ2) is 5.89. The second-order valence-corrected chi connectivity index (χ2v) is 6.83. The summed E-state index contributed by atoms with van der Waals surface area (Å²) in [4.78, 5) is 0. The van der Waals surface area contributed by atoms with Crippen LogP contribution in [-0.2, 0) is 9.84 Å². The maximum atomic E-state index is 11.1. The van der Waals surface area contributed by atoms with Crippen molar-refractivity contribution in [3.8, 4) is 0 Å². The maximum Gasteiger partial charge on any atom is 0.147 e. The summed E-state index contributed by atoms with van der Waals surface area (Å²) in [7, 11) is -2.93. The molecule has 0 aliphatic heterocycles. The highest BCUT2D eigenvalue weighted by Crippen LogP contribution is 2.23. The lowest BCUT2D eigenvalue weighted by Crippen LogP contribution is -2.09. The van der Waals surface area contributed by atoms with Gasteiger partial charge in [-0.25, -0.2) is 8.42 Å². The molecular weight excluding hydrogens is 267 g/mol. The predicted octanol–water partition coefficient (Wildman–Crippen LogP) is 3.10. The van der Waals surface area contributed by atoms with Crippen LogP contribution in [0.4, 0.5) is 0 Å². The van der Waals surface area contributed by atoms with E-state index in [-0.39, 0.29) is 11.7 Å². The normalized spacial score (nSPS) is 13.7. The van der Waals surface area contributed by atoms with Crippen LogP contribution in [0.3, 0.4) is 0 Å². The van der Waals surface area contributed by atoms with Crippen LogP contribution in [0.15, 0.2) is 24.3 Å². The number of hydrogen-bond donors (Lipinski definition) is 0. The fraction of sp³-hybridized carbons (Fsp3) is 0.455. The first-order valence-electron chi connectivity index (χ1n) is 4.91. The third kappa shape index (κ3) is 4.73. The summed E-state index contributed by atoms with van der Waals surface area (Å²) in [6.07, 6.45) is 1.78. The van der Waals surface area contributed by atoms with E-state index in [4.69, 9.17) is 23.2 Å². The van der Waals surface area contributed by atoms with Gasteiger partial charge in [-0.2, -0.15) is 0 Å². The summed E-state index contributed by atoms with van der Waals surface area (Å²) < 4.78 is 22.1. The number of halogens is 2. The molecule has 0 fully saturated rings. The van der Waals surface area contributed by atoms with Crippen LogP contribution in [0.25, 0.3) is 0 Å². The highest BCUT2D eigenvalue weighted by Gasteiger charge is 2.13. The monoisotopic (exact) mass is 280 g/mol. The Morgan fingerprint density at radius 3 is 2.25 bits per heavy atom. The molecule has 1 aromatic rings. The van der Waals surface area contributed by atoms with Crippen molar-refractivity contribution >= 4 is 33.0 Å². The van der Waals surface area contributed by atoms with Crippen molar-refractivity contribution in [2.75, 3.05) is 17.9 Å². The van der Waals surface area contributed by atoms with E-state index < -0.39 is 9.84 Å². The average molecular weight is 281 g/mol. The smallest absolute Gasteiger partial charge is 0.147 e. The van der Waals surface area contributed by atoms with Crippen LogP contribution >= 0.6 is 23.2 Å². The summed E-state index contributed by atoms with van der Waals surface area (Å²) in [5.74, 6) is 0.637. The van der Waals surface area contributed by atoms with Crippen molar-refractivity contribution < 1.29 is 8.42 Å². The molecule has 1 aromatic carbocycles. The zero-order valence-electron chi connectivity index (χ0n) is 8.99. The van der Waals surface area contributed by atoms with E-state index in [0.717, 1.165) is 5.56 Å². The lowest BCUT2D eigenvalue weighted by molar-refractivity contribution is 0.594. The van der Waals surface area contributed by atoms with Crippen molar-refractivity contribution in [2.45, 2.75) is 12.3 Å². The molecule has 90 valence electrons. The molecule has 0 aliphatic rings. The molecule has 0 heterocycles. The van der Waals surface area contributed by atoms with E-state index >= 15 is 0 Å². The maximum absolute atomic E-state index is 11.1. The van der Waals surface area contributed by atoms with E-state index in [0.29, 0.717) is 17.3 Å². The quantitative estimate of drug-likeness (QED) is 0.777. The molecule has 0 radical (unpaired) electrons. The van der Waals surface area contributed by atoms with Gasteiger partial charge in [-0.1, -0.05) is 23.7 Å². The molecule has 2 nitrogen and oxygen atoms in total. The van der Waals surface area contributed by atoms with Crippen molar-refractivity contribution in [3.05, 3.63) is 34.9 Å². The fourth-order valence-corrected chi connectivity index (χ4v) is 2.60. The van der Waals surface area contributed by atoms with E-state index in [9.17, 15) is 8.42 Å². The topological polar surface area (TPSA) is 34.1 Å². The van der Waals surface area contributed by atoms with Gasteiger partial charge in [-0.3, -0.25) is 0 Å².